The van der Waals surface area contributed by atoms with Gasteiger partial charge in [-0.2, -0.15) is 0 Å². The summed E-state index contributed by atoms with van der Waals surface area (Å²) < 4.78 is 8.22. The van der Waals surface area contributed by atoms with Gasteiger partial charge in [0.1, 0.15) is 11.6 Å². The molecule has 0 amide bonds. The van der Waals surface area contributed by atoms with Crippen LogP contribution >= 0.6 is 0 Å². The van der Waals surface area contributed by atoms with Crippen LogP contribution in [0.2, 0.25) is 0 Å². The maximum atomic E-state index is 12.1. The van der Waals surface area contributed by atoms with Crippen molar-refractivity contribution in [2.75, 3.05) is 13.7 Å². The van der Waals surface area contributed by atoms with E-state index in [-0.39, 0.29) is 0 Å². The number of aromatic amines is 1. The first-order valence-electron chi connectivity index (χ1n) is 10.1. The fourth-order valence-corrected chi connectivity index (χ4v) is 3.47. The van der Waals surface area contributed by atoms with E-state index in [1.807, 2.05) is 24.3 Å². The lowest BCUT2D eigenvalue weighted by atomic mass is 10.1. The van der Waals surface area contributed by atoms with Gasteiger partial charge < -0.3 is 19.7 Å². The minimum atomic E-state index is -0.470. The number of benzene rings is 1. The summed E-state index contributed by atoms with van der Waals surface area (Å²) in [4.78, 5) is 30.6. The average molecular weight is 415 g/mol. The maximum Gasteiger partial charge on any atom is 0.329 e. The van der Waals surface area contributed by atoms with Gasteiger partial charge in [0.15, 0.2) is 11.2 Å². The number of aromatic nitrogens is 4. The molecule has 0 saturated carbocycles. The van der Waals surface area contributed by atoms with Crippen LogP contribution in [0.25, 0.3) is 11.2 Å². The lowest BCUT2D eigenvalue weighted by Crippen LogP contribution is -2.29. The van der Waals surface area contributed by atoms with Crippen molar-refractivity contribution in [3.05, 3.63) is 56.5 Å². The summed E-state index contributed by atoms with van der Waals surface area (Å²) in [6.07, 6.45) is 2.60. The third-order valence-electron chi connectivity index (χ3n) is 5.28. The molecule has 0 aliphatic rings. The largest absolute Gasteiger partial charge is 0.497 e. The fraction of sp³-hybridized carbons (Fsp3) is 0.476. The highest BCUT2D eigenvalue weighted by atomic mass is 16.5. The molecule has 2 aromatic heterocycles. The number of nitrogens with one attached hydrogen (secondary N) is 2. The molecule has 0 aliphatic carbocycles. The van der Waals surface area contributed by atoms with E-state index in [4.69, 9.17) is 4.74 Å². The summed E-state index contributed by atoms with van der Waals surface area (Å²) in [6.45, 7) is 1.21. The van der Waals surface area contributed by atoms with Gasteiger partial charge in [-0.15, -0.1) is 0 Å². The van der Waals surface area contributed by atoms with Crippen LogP contribution in [0.4, 0.5) is 0 Å². The molecule has 0 aliphatic heterocycles. The number of hydrogen-bond acceptors (Lipinski definition) is 6. The molecule has 0 fully saturated rings. The normalized spacial score (nSPS) is 12.4. The number of aryl methyl sites for hydroxylation is 3. The zero-order valence-electron chi connectivity index (χ0n) is 17.6. The Morgan fingerprint density at radius 1 is 1.17 bits per heavy atom. The second kappa shape index (κ2) is 9.73. The molecule has 30 heavy (non-hydrogen) atoms. The molecule has 0 bridgehead atoms. The Labute approximate surface area is 174 Å². The molecule has 9 heteroatoms. The van der Waals surface area contributed by atoms with Gasteiger partial charge >= 0.3 is 5.69 Å². The summed E-state index contributed by atoms with van der Waals surface area (Å²) in [5.74, 6) is 1.58. The molecule has 3 N–H and O–H groups in total. The summed E-state index contributed by atoms with van der Waals surface area (Å²) in [5, 5.41) is 13.5. The Morgan fingerprint density at radius 3 is 2.60 bits per heavy atom. The zero-order chi connectivity index (χ0) is 21.7. The van der Waals surface area contributed by atoms with Crippen LogP contribution in [0, 0.1) is 0 Å². The average Bonchev–Trinajstić information content (AvgIpc) is 3.07. The Balaban J connectivity index is 1.44. The molecule has 1 aromatic carbocycles. The van der Waals surface area contributed by atoms with E-state index in [1.54, 1.807) is 25.8 Å². The number of methoxy groups -OCH3 is 1. The molecule has 1 unspecified atom stereocenters. The minimum Gasteiger partial charge on any atom is -0.497 e. The molecule has 3 rings (SSSR count). The van der Waals surface area contributed by atoms with E-state index in [2.05, 4.69) is 15.3 Å². The molecule has 9 nitrogen and oxygen atoms in total. The van der Waals surface area contributed by atoms with Crippen molar-refractivity contribution < 1.29 is 9.84 Å². The fourth-order valence-electron chi connectivity index (χ4n) is 3.47. The first-order chi connectivity index (χ1) is 14.4. The highest BCUT2D eigenvalue weighted by Crippen LogP contribution is 2.13. The number of aliphatic hydroxyl groups is 1. The quantitative estimate of drug-likeness (QED) is 0.423. The summed E-state index contributed by atoms with van der Waals surface area (Å²) in [6, 6.07) is 7.83. The zero-order valence-corrected chi connectivity index (χ0v) is 17.6. The minimum absolute atomic E-state index is 0.393. The van der Waals surface area contributed by atoms with Crippen LogP contribution in [-0.4, -0.2) is 44.0 Å². The van der Waals surface area contributed by atoms with E-state index < -0.39 is 17.4 Å². The number of rotatable bonds is 10. The van der Waals surface area contributed by atoms with Crippen molar-refractivity contribution in [1.29, 1.82) is 0 Å². The second-order valence-electron chi connectivity index (χ2n) is 7.46. The van der Waals surface area contributed by atoms with E-state index in [0.29, 0.717) is 37.1 Å². The number of ether oxygens (including phenoxy) is 1. The highest BCUT2D eigenvalue weighted by Gasteiger charge is 2.14. The lowest BCUT2D eigenvalue weighted by molar-refractivity contribution is 0.158. The number of fused-ring (bicyclic) bond motifs is 1. The van der Waals surface area contributed by atoms with E-state index in [1.165, 1.54) is 4.57 Å². The van der Waals surface area contributed by atoms with Gasteiger partial charge in [0, 0.05) is 33.6 Å². The predicted molar refractivity (Wildman–Crippen MR) is 115 cm³/mol. The monoisotopic (exact) mass is 415 g/mol. The van der Waals surface area contributed by atoms with Gasteiger partial charge in [0.05, 0.1) is 13.2 Å². The van der Waals surface area contributed by atoms with Gasteiger partial charge in [-0.3, -0.25) is 14.3 Å². The first-order valence-corrected chi connectivity index (χ1v) is 10.1. The maximum absolute atomic E-state index is 12.1. The third-order valence-corrected chi connectivity index (χ3v) is 5.28. The molecule has 0 radical (unpaired) electrons. The van der Waals surface area contributed by atoms with Crippen molar-refractivity contribution in [1.82, 2.24) is 24.4 Å². The number of hydrogen-bond donors (Lipinski definition) is 3. The van der Waals surface area contributed by atoms with E-state index in [0.717, 1.165) is 30.0 Å². The Hall–Kier alpha value is -2.91. The molecule has 0 spiro atoms. The molecule has 0 saturated heterocycles. The standard InChI is InChI=1S/C21H29N5O4/c1-25-17(23-19-18(25)20(28)24-21(29)26(19)2)7-5-4-6-15(27)13-22-12-14-8-10-16(30-3)11-9-14/h8-11,15,22,27H,4-7,12-13H2,1-3H3,(H,24,28,29). The van der Waals surface area contributed by atoms with Gasteiger partial charge in [0.25, 0.3) is 5.56 Å². The summed E-state index contributed by atoms with van der Waals surface area (Å²) in [5.41, 5.74) is 1.03. The molecule has 3 aromatic rings. The van der Waals surface area contributed by atoms with Gasteiger partial charge in [0.2, 0.25) is 0 Å². The Bertz CT molecular complexity index is 1100. The Morgan fingerprint density at radius 2 is 1.90 bits per heavy atom. The van der Waals surface area contributed by atoms with Crippen molar-refractivity contribution in [3.8, 4) is 5.75 Å². The van der Waals surface area contributed by atoms with Gasteiger partial charge in [-0.25, -0.2) is 9.78 Å². The smallest absolute Gasteiger partial charge is 0.329 e. The summed E-state index contributed by atoms with van der Waals surface area (Å²) in [7, 11) is 5.01. The molecule has 162 valence electrons. The van der Waals surface area contributed by atoms with Gasteiger partial charge in [-0.1, -0.05) is 18.6 Å². The lowest BCUT2D eigenvalue weighted by Gasteiger charge is -2.12. The molecule has 2 heterocycles. The third kappa shape index (κ3) is 4.98. The van der Waals surface area contributed by atoms with Crippen molar-refractivity contribution in [2.24, 2.45) is 14.1 Å². The first kappa shape index (κ1) is 21.8. The van der Waals surface area contributed by atoms with Crippen LogP contribution in [-0.2, 0) is 27.1 Å². The van der Waals surface area contributed by atoms with Crippen LogP contribution in [0.1, 0.15) is 30.7 Å². The van der Waals surface area contributed by atoms with Crippen LogP contribution in [0.5, 0.6) is 5.75 Å². The molecular weight excluding hydrogens is 386 g/mol. The number of nitrogens with zero attached hydrogens (tertiary/aromatic N) is 3. The second-order valence-corrected chi connectivity index (χ2v) is 7.46. The van der Waals surface area contributed by atoms with Crippen molar-refractivity contribution in [3.63, 3.8) is 0 Å². The van der Waals surface area contributed by atoms with Crippen LogP contribution in [0.15, 0.2) is 33.9 Å². The number of H-pyrrole nitrogens is 1. The van der Waals surface area contributed by atoms with Crippen LogP contribution in [0.3, 0.4) is 0 Å². The number of aliphatic hydroxyl groups excluding tert-OH is 1. The van der Waals surface area contributed by atoms with Gasteiger partial charge in [-0.05, 0) is 30.5 Å². The SMILES string of the molecule is COc1ccc(CNCC(O)CCCCc2nc3c(c(=O)[nH]c(=O)n3C)n2C)cc1. The number of imidazole rings is 1. The highest BCUT2D eigenvalue weighted by molar-refractivity contribution is 5.70. The van der Waals surface area contributed by atoms with Crippen molar-refractivity contribution in [2.45, 2.75) is 38.3 Å². The number of unbranched alkanes of at least 4 members (excludes halogenated alkanes) is 1. The molecular formula is C21H29N5O4. The molecule has 1 atom stereocenters. The van der Waals surface area contributed by atoms with E-state index in [9.17, 15) is 14.7 Å². The summed E-state index contributed by atoms with van der Waals surface area (Å²) >= 11 is 0. The predicted octanol–water partition coefficient (Wildman–Crippen LogP) is 0.832. The topological polar surface area (TPSA) is 114 Å². The van der Waals surface area contributed by atoms with Crippen molar-refractivity contribution >= 4 is 11.2 Å². The van der Waals surface area contributed by atoms with E-state index >= 15 is 0 Å². The van der Waals surface area contributed by atoms with Crippen LogP contribution < -0.4 is 21.3 Å². The Kier molecular flexibility index (Phi) is 7.07.